The first-order valence-corrected chi connectivity index (χ1v) is 6.35. The molecule has 17 heavy (non-hydrogen) atoms. The third kappa shape index (κ3) is 4.61. The molecule has 0 spiro atoms. The van der Waals surface area contributed by atoms with Crippen LogP contribution in [0, 0.1) is 6.92 Å². The van der Waals surface area contributed by atoms with Crippen LogP contribution in [0.3, 0.4) is 0 Å². The van der Waals surface area contributed by atoms with Gasteiger partial charge in [-0.05, 0) is 38.1 Å². The molecule has 1 heterocycles. The summed E-state index contributed by atoms with van der Waals surface area (Å²) in [7, 11) is 0. The molecule has 0 unspecified atom stereocenters. The van der Waals surface area contributed by atoms with Crippen molar-refractivity contribution in [2.45, 2.75) is 27.2 Å². The normalized spacial score (nSPS) is 10.8. The first kappa shape index (κ1) is 13.8. The highest BCUT2D eigenvalue weighted by atomic mass is 15.1. The Morgan fingerprint density at radius 3 is 2.71 bits per heavy atom. The maximum Gasteiger partial charge on any atom is 0.126 e. The van der Waals surface area contributed by atoms with Crippen LogP contribution < -0.4 is 11.1 Å². The van der Waals surface area contributed by atoms with E-state index in [1.165, 1.54) is 6.42 Å². The van der Waals surface area contributed by atoms with Gasteiger partial charge in [-0.2, -0.15) is 0 Å². The standard InChI is InChI=1S/C13H24N4/c1-4-7-17(5-2)8-6-15-13-9-11(3)12(14)10-16-13/h9-10H,4-8,14H2,1-3H3,(H,15,16). The van der Waals surface area contributed by atoms with E-state index in [1.54, 1.807) is 6.20 Å². The molecule has 0 fully saturated rings. The lowest BCUT2D eigenvalue weighted by atomic mass is 10.2. The van der Waals surface area contributed by atoms with Gasteiger partial charge in [0.1, 0.15) is 5.82 Å². The predicted octanol–water partition coefficient (Wildman–Crippen LogP) is 2.12. The fourth-order valence-corrected chi connectivity index (χ4v) is 1.75. The fourth-order valence-electron chi connectivity index (χ4n) is 1.75. The van der Waals surface area contributed by atoms with Gasteiger partial charge in [-0.25, -0.2) is 4.98 Å². The number of hydrogen-bond donors (Lipinski definition) is 2. The van der Waals surface area contributed by atoms with Crippen molar-refractivity contribution >= 4 is 11.5 Å². The largest absolute Gasteiger partial charge is 0.397 e. The summed E-state index contributed by atoms with van der Waals surface area (Å²) in [6.07, 6.45) is 2.91. The molecule has 0 saturated heterocycles. The first-order chi connectivity index (χ1) is 8.17. The minimum atomic E-state index is 0.747. The van der Waals surface area contributed by atoms with E-state index in [2.05, 4.69) is 29.0 Å². The predicted molar refractivity (Wildman–Crippen MR) is 74.3 cm³/mol. The van der Waals surface area contributed by atoms with Crippen molar-refractivity contribution in [3.8, 4) is 0 Å². The zero-order valence-electron chi connectivity index (χ0n) is 11.2. The smallest absolute Gasteiger partial charge is 0.126 e. The van der Waals surface area contributed by atoms with Crippen molar-refractivity contribution in [2.24, 2.45) is 0 Å². The van der Waals surface area contributed by atoms with E-state index in [4.69, 9.17) is 5.73 Å². The Bertz CT molecular complexity index is 338. The van der Waals surface area contributed by atoms with E-state index in [-0.39, 0.29) is 0 Å². The molecular weight excluding hydrogens is 212 g/mol. The van der Waals surface area contributed by atoms with Crippen LogP contribution >= 0.6 is 0 Å². The van der Waals surface area contributed by atoms with Crippen LogP contribution in [0.1, 0.15) is 25.8 Å². The maximum atomic E-state index is 5.73. The third-order valence-corrected chi connectivity index (χ3v) is 2.87. The van der Waals surface area contributed by atoms with Gasteiger partial charge < -0.3 is 16.0 Å². The third-order valence-electron chi connectivity index (χ3n) is 2.87. The molecule has 0 atom stereocenters. The zero-order chi connectivity index (χ0) is 12.7. The van der Waals surface area contributed by atoms with Crippen molar-refractivity contribution in [1.29, 1.82) is 0 Å². The summed E-state index contributed by atoms with van der Waals surface area (Å²) < 4.78 is 0. The molecular formula is C13H24N4. The summed E-state index contributed by atoms with van der Waals surface area (Å²) in [6, 6.07) is 1.99. The van der Waals surface area contributed by atoms with Crippen LogP contribution in [-0.2, 0) is 0 Å². The topological polar surface area (TPSA) is 54.2 Å². The molecule has 0 saturated carbocycles. The number of nitrogens with two attached hydrogens (primary N) is 1. The molecule has 3 N–H and O–H groups in total. The average Bonchev–Trinajstić information content (AvgIpc) is 2.32. The molecule has 0 amide bonds. The van der Waals surface area contributed by atoms with Crippen LogP contribution in [0.4, 0.5) is 11.5 Å². The van der Waals surface area contributed by atoms with Gasteiger partial charge in [-0.1, -0.05) is 13.8 Å². The first-order valence-electron chi connectivity index (χ1n) is 6.35. The Kier molecular flexibility index (Phi) is 5.77. The van der Waals surface area contributed by atoms with E-state index in [1.807, 2.05) is 13.0 Å². The molecule has 0 bridgehead atoms. The summed E-state index contributed by atoms with van der Waals surface area (Å²) >= 11 is 0. The van der Waals surface area contributed by atoms with Crippen molar-refractivity contribution in [1.82, 2.24) is 9.88 Å². The molecule has 0 radical (unpaired) electrons. The SMILES string of the molecule is CCCN(CC)CCNc1cc(C)c(N)cn1. The Balaban J connectivity index is 2.37. The Morgan fingerprint density at radius 2 is 2.12 bits per heavy atom. The minimum Gasteiger partial charge on any atom is -0.397 e. The van der Waals surface area contributed by atoms with Crippen LogP contribution in [0.25, 0.3) is 0 Å². The van der Waals surface area contributed by atoms with E-state index in [0.717, 1.165) is 43.2 Å². The number of likely N-dealkylation sites (N-methyl/N-ethyl adjacent to an activating group) is 1. The highest BCUT2D eigenvalue weighted by Gasteiger charge is 2.01. The van der Waals surface area contributed by atoms with Crippen molar-refractivity contribution in [3.63, 3.8) is 0 Å². The zero-order valence-corrected chi connectivity index (χ0v) is 11.2. The van der Waals surface area contributed by atoms with Crippen LogP contribution in [0.5, 0.6) is 0 Å². The number of nitrogens with one attached hydrogen (secondary N) is 1. The van der Waals surface area contributed by atoms with Gasteiger partial charge in [0.05, 0.1) is 11.9 Å². The molecule has 0 aliphatic heterocycles. The van der Waals surface area contributed by atoms with Crippen LogP contribution in [0.15, 0.2) is 12.3 Å². The number of nitrogen functional groups attached to an aromatic ring is 1. The second-order valence-electron chi connectivity index (χ2n) is 4.29. The molecule has 0 aliphatic rings. The maximum absolute atomic E-state index is 5.73. The molecule has 1 aromatic heterocycles. The van der Waals surface area contributed by atoms with E-state index in [9.17, 15) is 0 Å². The molecule has 1 rings (SSSR count). The van der Waals surface area contributed by atoms with Crippen molar-refractivity contribution in [2.75, 3.05) is 37.2 Å². The van der Waals surface area contributed by atoms with Gasteiger partial charge in [-0.3, -0.25) is 0 Å². The lowest BCUT2D eigenvalue weighted by Gasteiger charge is -2.19. The fraction of sp³-hybridized carbons (Fsp3) is 0.615. The van der Waals surface area contributed by atoms with E-state index in [0.29, 0.717) is 0 Å². The molecule has 0 aromatic carbocycles. The quantitative estimate of drug-likeness (QED) is 0.761. The summed E-state index contributed by atoms with van der Waals surface area (Å²) in [5, 5.41) is 3.33. The van der Waals surface area contributed by atoms with Gasteiger partial charge in [-0.15, -0.1) is 0 Å². The number of aromatic nitrogens is 1. The molecule has 4 nitrogen and oxygen atoms in total. The second kappa shape index (κ2) is 7.12. The summed E-state index contributed by atoms with van der Waals surface area (Å²) in [6.45, 7) is 10.6. The number of aryl methyl sites for hydroxylation is 1. The molecule has 96 valence electrons. The number of anilines is 2. The lowest BCUT2D eigenvalue weighted by Crippen LogP contribution is -2.29. The number of nitrogens with zero attached hydrogens (tertiary/aromatic N) is 2. The second-order valence-corrected chi connectivity index (χ2v) is 4.29. The van der Waals surface area contributed by atoms with Gasteiger partial charge >= 0.3 is 0 Å². The molecule has 4 heteroatoms. The van der Waals surface area contributed by atoms with E-state index >= 15 is 0 Å². The Morgan fingerprint density at radius 1 is 1.35 bits per heavy atom. The van der Waals surface area contributed by atoms with Gasteiger partial charge in [0.15, 0.2) is 0 Å². The van der Waals surface area contributed by atoms with Crippen LogP contribution in [-0.4, -0.2) is 36.1 Å². The molecule has 0 aliphatic carbocycles. The summed E-state index contributed by atoms with van der Waals surface area (Å²) in [5.41, 5.74) is 7.55. The Labute approximate surface area is 104 Å². The van der Waals surface area contributed by atoms with Gasteiger partial charge in [0.25, 0.3) is 0 Å². The Hall–Kier alpha value is -1.29. The lowest BCUT2D eigenvalue weighted by molar-refractivity contribution is 0.300. The number of pyridine rings is 1. The minimum absolute atomic E-state index is 0.747. The van der Waals surface area contributed by atoms with E-state index < -0.39 is 0 Å². The number of rotatable bonds is 7. The van der Waals surface area contributed by atoms with Gasteiger partial charge in [0, 0.05) is 13.1 Å². The summed E-state index contributed by atoms with van der Waals surface area (Å²) in [5.74, 6) is 0.907. The average molecular weight is 236 g/mol. The van der Waals surface area contributed by atoms with Gasteiger partial charge in [0.2, 0.25) is 0 Å². The highest BCUT2D eigenvalue weighted by molar-refractivity contribution is 5.50. The monoisotopic (exact) mass is 236 g/mol. The van der Waals surface area contributed by atoms with Crippen molar-refractivity contribution in [3.05, 3.63) is 17.8 Å². The summed E-state index contributed by atoms with van der Waals surface area (Å²) in [4.78, 5) is 6.68. The van der Waals surface area contributed by atoms with Crippen molar-refractivity contribution < 1.29 is 0 Å². The van der Waals surface area contributed by atoms with Crippen LogP contribution in [0.2, 0.25) is 0 Å². The number of hydrogen-bond acceptors (Lipinski definition) is 4. The molecule has 1 aromatic rings. The highest BCUT2D eigenvalue weighted by Crippen LogP contribution is 2.12.